The zero-order chi connectivity index (χ0) is 29.5. The van der Waals surface area contributed by atoms with Crippen LogP contribution in [0.2, 0.25) is 15.1 Å². The number of nitriles is 1. The van der Waals surface area contributed by atoms with Gasteiger partial charge in [0, 0.05) is 31.9 Å². The fourth-order valence-corrected chi connectivity index (χ4v) is 4.94. The van der Waals surface area contributed by atoms with Crippen LogP contribution < -0.4 is 14.8 Å². The second kappa shape index (κ2) is 13.5. The minimum atomic E-state index is -0.548. The first-order chi connectivity index (χ1) is 20.4. The zero-order valence-electron chi connectivity index (χ0n) is 22.1. The summed E-state index contributed by atoms with van der Waals surface area (Å²) in [5.41, 5.74) is 2.76. The number of hydrogen-bond donors (Lipinski definition) is 1. The van der Waals surface area contributed by atoms with E-state index in [1.54, 1.807) is 54.6 Å². The van der Waals surface area contributed by atoms with Gasteiger partial charge in [-0.15, -0.1) is 0 Å². The molecule has 0 spiro atoms. The van der Waals surface area contributed by atoms with Gasteiger partial charge >= 0.3 is 0 Å². The summed E-state index contributed by atoms with van der Waals surface area (Å²) in [5.74, 6) is 0.580. The van der Waals surface area contributed by atoms with E-state index in [4.69, 9.17) is 44.3 Å². The van der Waals surface area contributed by atoms with Gasteiger partial charge in [-0.05, 0) is 77.0 Å². The molecule has 0 bridgehead atoms. The summed E-state index contributed by atoms with van der Waals surface area (Å²) in [6.07, 6.45) is 1.55. The number of rotatable bonds is 9. The van der Waals surface area contributed by atoms with E-state index >= 15 is 0 Å². The molecule has 0 aliphatic rings. The number of benzene rings is 5. The first kappa shape index (κ1) is 29.0. The van der Waals surface area contributed by atoms with Crippen LogP contribution in [0.25, 0.3) is 16.8 Å². The summed E-state index contributed by atoms with van der Waals surface area (Å²) in [6.45, 7) is 0.530. The number of anilines is 1. The van der Waals surface area contributed by atoms with E-state index in [1.807, 2.05) is 60.7 Å². The fraction of sp³-hybridized carbons (Fsp3) is 0.0588. The van der Waals surface area contributed by atoms with Crippen LogP contribution >= 0.6 is 34.8 Å². The molecule has 5 rings (SSSR count). The normalized spacial score (nSPS) is 11.1. The molecule has 1 N–H and O–H groups in total. The second-order valence-corrected chi connectivity index (χ2v) is 10.6. The Kier molecular flexibility index (Phi) is 9.31. The van der Waals surface area contributed by atoms with Crippen LogP contribution in [0.3, 0.4) is 0 Å². The second-order valence-electron chi connectivity index (χ2n) is 9.29. The van der Waals surface area contributed by atoms with Crippen LogP contribution in [0, 0.1) is 11.3 Å². The average molecular weight is 614 g/mol. The molecule has 0 aliphatic heterocycles. The summed E-state index contributed by atoms with van der Waals surface area (Å²) >= 11 is 18.3. The van der Waals surface area contributed by atoms with E-state index in [9.17, 15) is 10.1 Å². The molecule has 1 amide bonds. The van der Waals surface area contributed by atoms with Gasteiger partial charge in [0.25, 0.3) is 5.91 Å². The molecule has 0 unspecified atom stereocenters. The molecule has 0 radical (unpaired) electrons. The Morgan fingerprint density at radius 3 is 2.36 bits per heavy atom. The number of halogens is 3. The summed E-state index contributed by atoms with van der Waals surface area (Å²) in [7, 11) is 0. The Balaban J connectivity index is 1.33. The monoisotopic (exact) mass is 612 g/mol. The van der Waals surface area contributed by atoms with Crippen molar-refractivity contribution in [1.29, 1.82) is 5.26 Å². The Bertz CT molecular complexity index is 1830. The van der Waals surface area contributed by atoms with Gasteiger partial charge in [-0.2, -0.15) is 5.26 Å². The Hall–Kier alpha value is -4.47. The van der Waals surface area contributed by atoms with E-state index in [0.717, 1.165) is 21.9 Å². The predicted molar refractivity (Wildman–Crippen MR) is 169 cm³/mol. The number of fused-ring (bicyclic) bond motifs is 1. The standard InChI is InChI=1S/C34H23Cl3N2O3/c35-26-6-3-4-22(16-26)20-42-33-15-9-23-5-1-2-7-30(23)31(33)17-25(19-38)34(40)39-28-11-13-29(14-12-28)41-21-24-8-10-27(36)18-32(24)37/h1-18H,20-21H2,(H,39,40)/b25-17+. The highest BCUT2D eigenvalue weighted by molar-refractivity contribution is 6.35. The van der Waals surface area contributed by atoms with Crippen molar-refractivity contribution in [3.05, 3.63) is 140 Å². The lowest BCUT2D eigenvalue weighted by atomic mass is 10.0. The van der Waals surface area contributed by atoms with Gasteiger partial charge in [0.1, 0.15) is 36.4 Å². The molecular weight excluding hydrogens is 591 g/mol. The SMILES string of the molecule is N#C/C(=C\c1c(OCc2cccc(Cl)c2)ccc2ccccc12)C(=O)Nc1ccc(OCc2ccc(Cl)cc2Cl)cc1. The van der Waals surface area contributed by atoms with Gasteiger partial charge in [-0.3, -0.25) is 4.79 Å². The highest BCUT2D eigenvalue weighted by atomic mass is 35.5. The Labute approximate surface area is 258 Å². The van der Waals surface area contributed by atoms with Crippen molar-refractivity contribution < 1.29 is 14.3 Å². The molecule has 0 saturated carbocycles. The first-order valence-corrected chi connectivity index (χ1v) is 14.0. The Morgan fingerprint density at radius 1 is 0.810 bits per heavy atom. The fourth-order valence-electron chi connectivity index (χ4n) is 4.26. The summed E-state index contributed by atoms with van der Waals surface area (Å²) in [5, 5.41) is 16.2. The summed E-state index contributed by atoms with van der Waals surface area (Å²) < 4.78 is 11.9. The number of hydrogen-bond acceptors (Lipinski definition) is 4. The number of amides is 1. The highest BCUT2D eigenvalue weighted by Crippen LogP contribution is 2.31. The lowest BCUT2D eigenvalue weighted by Crippen LogP contribution is -2.13. The molecule has 8 heteroatoms. The van der Waals surface area contributed by atoms with Crippen LogP contribution in [0.5, 0.6) is 11.5 Å². The van der Waals surface area contributed by atoms with Gasteiger partial charge in [-0.1, -0.05) is 83.3 Å². The number of nitrogens with one attached hydrogen (secondary N) is 1. The van der Waals surface area contributed by atoms with E-state index in [2.05, 4.69) is 5.32 Å². The topological polar surface area (TPSA) is 71.3 Å². The van der Waals surface area contributed by atoms with Gasteiger partial charge < -0.3 is 14.8 Å². The predicted octanol–water partition coefficient (Wildman–Crippen LogP) is 9.50. The van der Waals surface area contributed by atoms with E-state index in [1.165, 1.54) is 0 Å². The van der Waals surface area contributed by atoms with Crippen molar-refractivity contribution in [2.75, 3.05) is 5.32 Å². The smallest absolute Gasteiger partial charge is 0.266 e. The van der Waals surface area contributed by atoms with Crippen LogP contribution in [0.1, 0.15) is 16.7 Å². The van der Waals surface area contributed by atoms with Gasteiger partial charge in [0.2, 0.25) is 0 Å². The van der Waals surface area contributed by atoms with Gasteiger partial charge in [0.05, 0.1) is 0 Å². The number of nitrogens with zero attached hydrogens (tertiary/aromatic N) is 1. The van der Waals surface area contributed by atoms with Crippen molar-refractivity contribution >= 4 is 63.2 Å². The maximum Gasteiger partial charge on any atom is 0.266 e. The van der Waals surface area contributed by atoms with E-state index < -0.39 is 5.91 Å². The van der Waals surface area contributed by atoms with Crippen molar-refractivity contribution in [2.24, 2.45) is 0 Å². The maximum atomic E-state index is 13.2. The van der Waals surface area contributed by atoms with Crippen molar-refractivity contribution in [2.45, 2.75) is 13.2 Å². The van der Waals surface area contributed by atoms with E-state index in [0.29, 0.717) is 37.8 Å². The van der Waals surface area contributed by atoms with Crippen LogP contribution in [0.4, 0.5) is 5.69 Å². The Morgan fingerprint density at radius 2 is 1.60 bits per heavy atom. The molecule has 0 heterocycles. The number of carbonyl (C=O) groups is 1. The largest absolute Gasteiger partial charge is 0.489 e. The molecule has 0 saturated heterocycles. The lowest BCUT2D eigenvalue weighted by Gasteiger charge is -2.13. The first-order valence-electron chi connectivity index (χ1n) is 12.9. The summed E-state index contributed by atoms with van der Waals surface area (Å²) in [4.78, 5) is 13.2. The average Bonchev–Trinajstić information content (AvgIpc) is 2.99. The van der Waals surface area contributed by atoms with Gasteiger partial charge in [-0.25, -0.2) is 0 Å². The number of ether oxygens (including phenoxy) is 2. The quantitative estimate of drug-likeness (QED) is 0.133. The zero-order valence-corrected chi connectivity index (χ0v) is 24.4. The highest BCUT2D eigenvalue weighted by Gasteiger charge is 2.14. The lowest BCUT2D eigenvalue weighted by molar-refractivity contribution is -0.112. The number of carbonyl (C=O) groups excluding carboxylic acids is 1. The van der Waals surface area contributed by atoms with E-state index in [-0.39, 0.29) is 18.8 Å². The van der Waals surface area contributed by atoms with Crippen LogP contribution in [-0.2, 0) is 18.0 Å². The van der Waals surface area contributed by atoms with Crippen molar-refractivity contribution in [3.8, 4) is 17.6 Å². The van der Waals surface area contributed by atoms with Gasteiger partial charge in [0.15, 0.2) is 0 Å². The minimum Gasteiger partial charge on any atom is -0.489 e. The molecule has 0 atom stereocenters. The van der Waals surface area contributed by atoms with Crippen LogP contribution in [-0.4, -0.2) is 5.91 Å². The summed E-state index contributed by atoms with van der Waals surface area (Å²) in [6, 6.07) is 33.0. The third kappa shape index (κ3) is 7.23. The van der Waals surface area contributed by atoms with Crippen molar-refractivity contribution in [1.82, 2.24) is 0 Å². The molecule has 0 aliphatic carbocycles. The molecular formula is C34H23Cl3N2O3. The van der Waals surface area contributed by atoms with Crippen molar-refractivity contribution in [3.63, 3.8) is 0 Å². The molecule has 42 heavy (non-hydrogen) atoms. The molecule has 208 valence electrons. The third-order valence-corrected chi connectivity index (χ3v) is 7.21. The third-order valence-electron chi connectivity index (χ3n) is 6.39. The molecule has 0 aromatic heterocycles. The molecule has 5 nitrogen and oxygen atoms in total. The minimum absolute atomic E-state index is 0.0725. The van der Waals surface area contributed by atoms with Crippen LogP contribution in [0.15, 0.2) is 109 Å². The maximum absolute atomic E-state index is 13.2. The molecule has 0 fully saturated rings. The molecule has 5 aromatic rings. The molecule has 5 aromatic carbocycles.